The van der Waals surface area contributed by atoms with Gasteiger partial charge in [0.25, 0.3) is 5.91 Å². The normalized spacial score (nSPS) is 10.6. The zero-order chi connectivity index (χ0) is 19.5. The molecular formula is C20H15N5O2S. The quantitative estimate of drug-likeness (QED) is 0.578. The van der Waals surface area contributed by atoms with Crippen molar-refractivity contribution in [3.63, 3.8) is 0 Å². The van der Waals surface area contributed by atoms with E-state index in [-0.39, 0.29) is 5.69 Å². The van der Waals surface area contributed by atoms with Gasteiger partial charge in [0.15, 0.2) is 5.69 Å². The van der Waals surface area contributed by atoms with Crippen LogP contribution in [0.2, 0.25) is 0 Å². The summed E-state index contributed by atoms with van der Waals surface area (Å²) in [4.78, 5) is 24.9. The van der Waals surface area contributed by atoms with E-state index < -0.39 is 11.3 Å². The summed E-state index contributed by atoms with van der Waals surface area (Å²) >= 11 is 1.23. The molecule has 2 aromatic carbocycles. The zero-order valence-corrected chi connectivity index (χ0v) is 15.7. The molecule has 4 rings (SSSR count). The number of amides is 1. The lowest BCUT2D eigenvalue weighted by atomic mass is 10.2. The molecule has 7 nitrogen and oxygen atoms in total. The Morgan fingerprint density at radius 1 is 1.00 bits per heavy atom. The van der Waals surface area contributed by atoms with E-state index >= 15 is 0 Å². The molecule has 0 aliphatic carbocycles. The first-order chi connectivity index (χ1) is 13.6. The second-order valence-electron chi connectivity index (χ2n) is 5.98. The average Bonchev–Trinajstić information content (AvgIpc) is 3.18. The minimum atomic E-state index is -0.620. The fourth-order valence-electron chi connectivity index (χ4n) is 2.66. The number of aromatic nitrogens is 4. The minimum absolute atomic E-state index is 0.203. The summed E-state index contributed by atoms with van der Waals surface area (Å²) in [6.45, 7) is 1.76. The third kappa shape index (κ3) is 3.58. The smallest absolute Gasteiger partial charge is 0.282 e. The van der Waals surface area contributed by atoms with Gasteiger partial charge in [-0.1, -0.05) is 59.9 Å². The molecule has 0 spiro atoms. The number of hydrogen-bond donors (Lipinski definition) is 1. The summed E-state index contributed by atoms with van der Waals surface area (Å²) in [5.41, 5.74) is 1.65. The zero-order valence-electron chi connectivity index (χ0n) is 14.9. The van der Waals surface area contributed by atoms with Crippen molar-refractivity contribution in [3.8, 4) is 16.3 Å². The van der Waals surface area contributed by atoms with Crippen molar-refractivity contribution in [1.29, 1.82) is 0 Å². The van der Waals surface area contributed by atoms with Crippen molar-refractivity contribution >= 4 is 22.4 Å². The third-order valence-electron chi connectivity index (χ3n) is 3.99. The fourth-order valence-corrected chi connectivity index (χ4v) is 3.41. The molecule has 8 heteroatoms. The number of rotatable bonds is 4. The molecule has 138 valence electrons. The van der Waals surface area contributed by atoms with Crippen molar-refractivity contribution < 1.29 is 4.79 Å². The van der Waals surface area contributed by atoms with E-state index in [9.17, 15) is 9.59 Å². The summed E-state index contributed by atoms with van der Waals surface area (Å²) < 4.78 is 1.56. The minimum Gasteiger partial charge on any atom is -0.295 e. The predicted octanol–water partition coefficient (Wildman–Crippen LogP) is 3.31. The predicted molar refractivity (Wildman–Crippen MR) is 108 cm³/mol. The highest BCUT2D eigenvalue weighted by Crippen LogP contribution is 2.26. The summed E-state index contributed by atoms with van der Waals surface area (Å²) in [5, 5.41) is 15.9. The molecule has 0 aliphatic heterocycles. The highest BCUT2D eigenvalue weighted by atomic mass is 32.1. The summed E-state index contributed by atoms with van der Waals surface area (Å²) in [6, 6.07) is 20.2. The van der Waals surface area contributed by atoms with Crippen LogP contribution in [0.25, 0.3) is 16.3 Å². The molecule has 1 amide bonds. The number of carbonyl (C=O) groups is 1. The van der Waals surface area contributed by atoms with Gasteiger partial charge in [-0.05, 0) is 19.1 Å². The second kappa shape index (κ2) is 7.53. The van der Waals surface area contributed by atoms with Crippen LogP contribution in [-0.2, 0) is 0 Å². The number of hydrogen-bond acceptors (Lipinski definition) is 6. The Morgan fingerprint density at radius 2 is 1.68 bits per heavy atom. The van der Waals surface area contributed by atoms with Gasteiger partial charge in [-0.2, -0.15) is 5.10 Å². The monoisotopic (exact) mass is 389 g/mol. The summed E-state index contributed by atoms with van der Waals surface area (Å²) in [5.74, 6) is -0.620. The number of nitrogens with zero attached hydrogens (tertiary/aromatic N) is 4. The van der Waals surface area contributed by atoms with Crippen LogP contribution >= 0.6 is 11.3 Å². The molecule has 4 aromatic rings. The van der Waals surface area contributed by atoms with Gasteiger partial charge in [0, 0.05) is 17.3 Å². The van der Waals surface area contributed by atoms with Gasteiger partial charge in [-0.3, -0.25) is 14.9 Å². The Hall–Kier alpha value is -3.65. The average molecular weight is 389 g/mol. The van der Waals surface area contributed by atoms with E-state index in [0.717, 1.165) is 11.3 Å². The molecule has 0 unspecified atom stereocenters. The SMILES string of the molecule is Cc1cc(=O)c(C(=O)Nc2nnc(-c3ccccc3)s2)nn1-c1ccccc1. The first-order valence-electron chi connectivity index (χ1n) is 8.48. The lowest BCUT2D eigenvalue weighted by Crippen LogP contribution is -2.26. The highest BCUT2D eigenvalue weighted by Gasteiger charge is 2.17. The second-order valence-corrected chi connectivity index (χ2v) is 6.96. The molecule has 2 aromatic heterocycles. The molecule has 0 aliphatic rings. The lowest BCUT2D eigenvalue weighted by molar-refractivity contribution is 0.101. The number of carbonyl (C=O) groups excluding carboxylic acids is 1. The van der Waals surface area contributed by atoms with Crippen molar-refractivity contribution in [2.75, 3.05) is 5.32 Å². The van der Waals surface area contributed by atoms with E-state index in [0.29, 0.717) is 15.8 Å². The summed E-state index contributed by atoms with van der Waals surface area (Å²) in [7, 11) is 0. The maximum absolute atomic E-state index is 12.6. The van der Waals surface area contributed by atoms with Gasteiger partial charge in [0.1, 0.15) is 5.01 Å². The maximum atomic E-state index is 12.6. The first kappa shape index (κ1) is 17.7. The summed E-state index contributed by atoms with van der Waals surface area (Å²) in [6.07, 6.45) is 0. The molecular weight excluding hydrogens is 374 g/mol. The van der Waals surface area contributed by atoms with Gasteiger partial charge < -0.3 is 0 Å². The van der Waals surface area contributed by atoms with Crippen LogP contribution in [0.5, 0.6) is 0 Å². The largest absolute Gasteiger partial charge is 0.295 e. The topological polar surface area (TPSA) is 89.8 Å². The van der Waals surface area contributed by atoms with Crippen LogP contribution in [0.3, 0.4) is 0 Å². The van der Waals surface area contributed by atoms with Crippen molar-refractivity contribution in [1.82, 2.24) is 20.0 Å². The van der Waals surface area contributed by atoms with Gasteiger partial charge >= 0.3 is 0 Å². The standard InChI is InChI=1S/C20H15N5O2S/c1-13-12-16(26)17(24-25(13)15-10-6-3-7-11-15)18(27)21-20-23-22-19(28-20)14-8-4-2-5-9-14/h2-12H,1H3,(H,21,23,27). The Labute approximate surface area is 164 Å². The van der Waals surface area contributed by atoms with E-state index in [1.807, 2.05) is 60.7 Å². The number of aryl methyl sites for hydroxylation is 1. The van der Waals surface area contributed by atoms with E-state index in [2.05, 4.69) is 20.6 Å². The Bertz CT molecular complexity index is 1190. The van der Waals surface area contributed by atoms with Crippen LogP contribution in [0.1, 0.15) is 16.2 Å². The highest BCUT2D eigenvalue weighted by molar-refractivity contribution is 7.18. The third-order valence-corrected chi connectivity index (χ3v) is 4.88. The molecule has 1 N–H and O–H groups in total. The van der Waals surface area contributed by atoms with Crippen molar-refractivity contribution in [2.24, 2.45) is 0 Å². The van der Waals surface area contributed by atoms with Gasteiger partial charge in [0.2, 0.25) is 10.6 Å². The van der Waals surface area contributed by atoms with Crippen LogP contribution in [0, 0.1) is 6.92 Å². The van der Waals surface area contributed by atoms with Gasteiger partial charge in [-0.25, -0.2) is 4.68 Å². The number of nitrogens with one attached hydrogen (secondary N) is 1. The molecule has 2 heterocycles. The Morgan fingerprint density at radius 3 is 2.39 bits per heavy atom. The van der Waals surface area contributed by atoms with Crippen LogP contribution < -0.4 is 10.7 Å². The molecule has 0 fully saturated rings. The van der Waals surface area contributed by atoms with Crippen LogP contribution in [-0.4, -0.2) is 25.9 Å². The molecule has 0 bridgehead atoms. The van der Waals surface area contributed by atoms with E-state index in [1.165, 1.54) is 17.4 Å². The number of anilines is 1. The lowest BCUT2D eigenvalue weighted by Gasteiger charge is -2.10. The van der Waals surface area contributed by atoms with Crippen LogP contribution in [0.15, 0.2) is 71.5 Å². The van der Waals surface area contributed by atoms with Crippen molar-refractivity contribution in [2.45, 2.75) is 6.92 Å². The fraction of sp³-hybridized carbons (Fsp3) is 0.0500. The molecule has 0 radical (unpaired) electrons. The van der Waals surface area contributed by atoms with E-state index in [1.54, 1.807) is 11.6 Å². The van der Waals surface area contributed by atoms with Gasteiger partial charge in [0.05, 0.1) is 5.69 Å². The van der Waals surface area contributed by atoms with Crippen molar-refractivity contribution in [3.05, 3.63) is 88.3 Å². The molecule has 0 saturated heterocycles. The Kier molecular flexibility index (Phi) is 4.77. The molecule has 0 saturated carbocycles. The maximum Gasteiger partial charge on any atom is 0.282 e. The van der Waals surface area contributed by atoms with Gasteiger partial charge in [-0.15, -0.1) is 10.2 Å². The molecule has 0 atom stereocenters. The Balaban J connectivity index is 1.62. The number of para-hydroxylation sites is 1. The van der Waals surface area contributed by atoms with E-state index in [4.69, 9.17) is 0 Å². The first-order valence-corrected chi connectivity index (χ1v) is 9.30. The van der Waals surface area contributed by atoms with Crippen LogP contribution in [0.4, 0.5) is 5.13 Å². The number of benzene rings is 2. The molecule has 28 heavy (non-hydrogen) atoms.